The molecule has 1 rings (SSSR count). The lowest BCUT2D eigenvalue weighted by Gasteiger charge is -2.22. The summed E-state index contributed by atoms with van der Waals surface area (Å²) in [6.45, 7) is 4.74. The SMILES string of the molecule is CN(C)C(=O)c1cccc(NCC(C)(C)CO)c1. The molecule has 0 radical (unpaired) electrons. The van der Waals surface area contributed by atoms with E-state index in [0.717, 1.165) is 5.69 Å². The zero-order valence-corrected chi connectivity index (χ0v) is 11.5. The van der Waals surface area contributed by atoms with E-state index in [1.807, 2.05) is 32.0 Å². The van der Waals surface area contributed by atoms with E-state index >= 15 is 0 Å². The molecule has 0 aliphatic carbocycles. The van der Waals surface area contributed by atoms with Gasteiger partial charge in [0, 0.05) is 43.9 Å². The molecule has 0 heterocycles. The number of aliphatic hydroxyl groups is 1. The summed E-state index contributed by atoms with van der Waals surface area (Å²) in [6, 6.07) is 7.39. The molecule has 0 saturated carbocycles. The Kier molecular flexibility index (Phi) is 4.73. The molecule has 4 heteroatoms. The van der Waals surface area contributed by atoms with Gasteiger partial charge in [0.05, 0.1) is 0 Å². The van der Waals surface area contributed by atoms with Gasteiger partial charge in [-0.15, -0.1) is 0 Å². The Morgan fingerprint density at radius 2 is 2.06 bits per heavy atom. The topological polar surface area (TPSA) is 52.6 Å². The second-order valence-electron chi connectivity index (χ2n) is 5.46. The molecule has 0 fully saturated rings. The van der Waals surface area contributed by atoms with Gasteiger partial charge in [-0.2, -0.15) is 0 Å². The van der Waals surface area contributed by atoms with Crippen LogP contribution in [-0.4, -0.2) is 43.2 Å². The molecule has 18 heavy (non-hydrogen) atoms. The second kappa shape index (κ2) is 5.87. The monoisotopic (exact) mass is 250 g/mol. The zero-order valence-electron chi connectivity index (χ0n) is 11.5. The lowest BCUT2D eigenvalue weighted by atomic mass is 9.95. The summed E-state index contributed by atoms with van der Waals surface area (Å²) in [5.74, 6) is -0.0138. The standard InChI is InChI=1S/C14H22N2O2/c1-14(2,10-17)9-15-12-7-5-6-11(8-12)13(18)16(3)4/h5-8,15,17H,9-10H2,1-4H3. The normalized spacial score (nSPS) is 11.2. The first-order chi connectivity index (χ1) is 8.35. The van der Waals surface area contributed by atoms with Crippen molar-refractivity contribution in [3.8, 4) is 0 Å². The van der Waals surface area contributed by atoms with E-state index in [1.165, 1.54) is 0 Å². The number of nitrogens with zero attached hydrogens (tertiary/aromatic N) is 1. The number of hydrogen-bond donors (Lipinski definition) is 2. The predicted octanol–water partition coefficient (Wildman–Crippen LogP) is 1.82. The van der Waals surface area contributed by atoms with E-state index in [9.17, 15) is 9.90 Å². The predicted molar refractivity (Wildman–Crippen MR) is 73.8 cm³/mol. The molecule has 100 valence electrons. The molecule has 0 atom stereocenters. The Labute approximate surface area is 109 Å². The van der Waals surface area contributed by atoms with Crippen molar-refractivity contribution < 1.29 is 9.90 Å². The fourth-order valence-corrected chi connectivity index (χ4v) is 1.42. The molecule has 0 spiro atoms. The summed E-state index contributed by atoms with van der Waals surface area (Å²) in [5.41, 5.74) is 1.37. The minimum absolute atomic E-state index is 0.0138. The van der Waals surface area contributed by atoms with Crippen LogP contribution in [0.25, 0.3) is 0 Å². The Balaban J connectivity index is 2.74. The first-order valence-corrected chi connectivity index (χ1v) is 6.02. The van der Waals surface area contributed by atoms with Crippen LogP contribution in [0.15, 0.2) is 24.3 Å². The highest BCUT2D eigenvalue weighted by Gasteiger charge is 2.16. The number of hydrogen-bond acceptors (Lipinski definition) is 3. The number of aliphatic hydroxyl groups excluding tert-OH is 1. The van der Waals surface area contributed by atoms with E-state index < -0.39 is 0 Å². The maximum atomic E-state index is 11.8. The highest BCUT2D eigenvalue weighted by molar-refractivity contribution is 5.94. The molecule has 0 aliphatic heterocycles. The lowest BCUT2D eigenvalue weighted by molar-refractivity contribution is 0.0827. The number of nitrogens with one attached hydrogen (secondary N) is 1. The first-order valence-electron chi connectivity index (χ1n) is 6.02. The van der Waals surface area contributed by atoms with Gasteiger partial charge < -0.3 is 15.3 Å². The molecular weight excluding hydrogens is 228 g/mol. The minimum atomic E-state index is -0.179. The number of anilines is 1. The van der Waals surface area contributed by atoms with Gasteiger partial charge >= 0.3 is 0 Å². The largest absolute Gasteiger partial charge is 0.396 e. The molecule has 4 nitrogen and oxygen atoms in total. The quantitative estimate of drug-likeness (QED) is 0.838. The van der Waals surface area contributed by atoms with Gasteiger partial charge in [0.25, 0.3) is 5.91 Å². The molecule has 0 unspecified atom stereocenters. The molecule has 0 bridgehead atoms. The Hall–Kier alpha value is -1.55. The van der Waals surface area contributed by atoms with E-state index in [2.05, 4.69) is 5.32 Å². The van der Waals surface area contributed by atoms with Crippen LogP contribution in [-0.2, 0) is 0 Å². The number of carbonyl (C=O) groups is 1. The fourth-order valence-electron chi connectivity index (χ4n) is 1.42. The molecule has 1 aromatic carbocycles. The number of amides is 1. The van der Waals surface area contributed by atoms with Crippen molar-refractivity contribution in [2.45, 2.75) is 13.8 Å². The summed E-state index contributed by atoms with van der Waals surface area (Å²) in [5, 5.41) is 12.4. The van der Waals surface area contributed by atoms with Crippen molar-refractivity contribution in [2.75, 3.05) is 32.6 Å². The van der Waals surface area contributed by atoms with Crippen LogP contribution in [0.2, 0.25) is 0 Å². The summed E-state index contributed by atoms with van der Waals surface area (Å²) in [4.78, 5) is 13.4. The summed E-state index contributed by atoms with van der Waals surface area (Å²) in [7, 11) is 3.47. The molecule has 2 N–H and O–H groups in total. The lowest BCUT2D eigenvalue weighted by Crippen LogP contribution is -2.27. The van der Waals surface area contributed by atoms with E-state index in [4.69, 9.17) is 0 Å². The minimum Gasteiger partial charge on any atom is -0.396 e. The van der Waals surface area contributed by atoms with Crippen LogP contribution >= 0.6 is 0 Å². The number of carbonyl (C=O) groups excluding carboxylic acids is 1. The zero-order chi connectivity index (χ0) is 13.8. The Morgan fingerprint density at radius 1 is 1.39 bits per heavy atom. The highest BCUT2D eigenvalue weighted by atomic mass is 16.3. The van der Waals surface area contributed by atoms with Crippen molar-refractivity contribution in [3.05, 3.63) is 29.8 Å². The molecular formula is C14H22N2O2. The summed E-state index contributed by atoms with van der Waals surface area (Å²) < 4.78 is 0. The fraction of sp³-hybridized carbons (Fsp3) is 0.500. The van der Waals surface area contributed by atoms with Crippen LogP contribution in [0.3, 0.4) is 0 Å². The van der Waals surface area contributed by atoms with Crippen molar-refractivity contribution in [2.24, 2.45) is 5.41 Å². The second-order valence-corrected chi connectivity index (χ2v) is 5.46. The maximum Gasteiger partial charge on any atom is 0.253 e. The van der Waals surface area contributed by atoms with Gasteiger partial charge in [0.1, 0.15) is 0 Å². The third kappa shape index (κ3) is 4.04. The molecule has 0 saturated heterocycles. The van der Waals surface area contributed by atoms with Gasteiger partial charge in [-0.3, -0.25) is 4.79 Å². The van der Waals surface area contributed by atoms with Crippen molar-refractivity contribution in [3.63, 3.8) is 0 Å². The highest BCUT2D eigenvalue weighted by Crippen LogP contribution is 2.17. The van der Waals surface area contributed by atoms with Gasteiger partial charge in [0.2, 0.25) is 0 Å². The Morgan fingerprint density at radius 3 is 2.61 bits per heavy atom. The maximum absolute atomic E-state index is 11.8. The average Bonchev–Trinajstić information content (AvgIpc) is 2.36. The van der Waals surface area contributed by atoms with Crippen molar-refractivity contribution in [1.82, 2.24) is 4.90 Å². The molecule has 1 aromatic rings. The number of benzene rings is 1. The van der Waals surface area contributed by atoms with E-state index in [1.54, 1.807) is 25.1 Å². The van der Waals surface area contributed by atoms with E-state index in [0.29, 0.717) is 12.1 Å². The molecule has 0 aromatic heterocycles. The number of rotatable bonds is 5. The van der Waals surface area contributed by atoms with Crippen LogP contribution in [0.4, 0.5) is 5.69 Å². The van der Waals surface area contributed by atoms with Gasteiger partial charge in [-0.05, 0) is 18.2 Å². The van der Waals surface area contributed by atoms with Gasteiger partial charge in [-0.25, -0.2) is 0 Å². The molecule has 0 aliphatic rings. The summed E-state index contributed by atoms with van der Waals surface area (Å²) in [6.07, 6.45) is 0. The first kappa shape index (κ1) is 14.5. The van der Waals surface area contributed by atoms with Crippen LogP contribution < -0.4 is 5.32 Å². The smallest absolute Gasteiger partial charge is 0.253 e. The van der Waals surface area contributed by atoms with Crippen molar-refractivity contribution >= 4 is 11.6 Å². The third-order valence-electron chi connectivity index (χ3n) is 2.71. The van der Waals surface area contributed by atoms with Gasteiger partial charge in [-0.1, -0.05) is 19.9 Å². The summed E-state index contributed by atoms with van der Waals surface area (Å²) >= 11 is 0. The average molecular weight is 250 g/mol. The Bertz CT molecular complexity index is 414. The van der Waals surface area contributed by atoms with Crippen LogP contribution in [0.1, 0.15) is 24.2 Å². The van der Waals surface area contributed by atoms with E-state index in [-0.39, 0.29) is 17.9 Å². The van der Waals surface area contributed by atoms with Crippen LogP contribution in [0, 0.1) is 5.41 Å². The van der Waals surface area contributed by atoms with Crippen molar-refractivity contribution in [1.29, 1.82) is 0 Å². The van der Waals surface area contributed by atoms with Gasteiger partial charge in [0.15, 0.2) is 0 Å². The molecule has 1 amide bonds. The van der Waals surface area contributed by atoms with Crippen LogP contribution in [0.5, 0.6) is 0 Å². The third-order valence-corrected chi connectivity index (χ3v) is 2.71.